The standard InChI is InChI=1S/C7H7ClO3S.2C2H6/c1-2-11-5-4(8)3-12-6(5)7(9)10;2*1-2/h3H,2H2,1H3,(H,9,10);2*1-2H3. The topological polar surface area (TPSA) is 46.5 Å². The van der Waals surface area contributed by atoms with Crippen molar-refractivity contribution in [2.24, 2.45) is 0 Å². The lowest BCUT2D eigenvalue weighted by Gasteiger charge is -2.01. The first-order valence-corrected chi connectivity index (χ1v) is 6.55. The van der Waals surface area contributed by atoms with E-state index in [1.165, 1.54) is 0 Å². The Labute approximate surface area is 106 Å². The van der Waals surface area contributed by atoms with E-state index in [4.69, 9.17) is 21.4 Å². The van der Waals surface area contributed by atoms with Crippen LogP contribution in [0.15, 0.2) is 5.38 Å². The molecule has 0 amide bonds. The predicted molar refractivity (Wildman–Crippen MR) is 70.2 cm³/mol. The van der Waals surface area contributed by atoms with Gasteiger partial charge in [-0.25, -0.2) is 4.79 Å². The molecule has 1 heterocycles. The van der Waals surface area contributed by atoms with Gasteiger partial charge in [-0.1, -0.05) is 39.3 Å². The molecule has 3 nitrogen and oxygen atoms in total. The lowest BCUT2D eigenvalue weighted by atomic mass is 10.4. The van der Waals surface area contributed by atoms with Crippen molar-refractivity contribution in [3.05, 3.63) is 15.3 Å². The van der Waals surface area contributed by atoms with Gasteiger partial charge in [0.15, 0.2) is 10.6 Å². The molecule has 0 aliphatic carbocycles. The zero-order valence-corrected chi connectivity index (χ0v) is 11.9. The number of thiophene rings is 1. The Bertz CT molecular complexity index is 297. The molecule has 0 unspecified atom stereocenters. The molecule has 0 atom stereocenters. The van der Waals surface area contributed by atoms with Gasteiger partial charge in [-0.3, -0.25) is 0 Å². The molecule has 0 spiro atoms. The molecule has 1 aromatic heterocycles. The maximum atomic E-state index is 10.6. The molecule has 94 valence electrons. The van der Waals surface area contributed by atoms with Crippen LogP contribution < -0.4 is 4.74 Å². The largest absolute Gasteiger partial charge is 0.491 e. The molecular weight excluding hydrogens is 248 g/mol. The molecule has 0 aliphatic heterocycles. The van der Waals surface area contributed by atoms with Crippen LogP contribution >= 0.6 is 22.9 Å². The Hall–Kier alpha value is -0.740. The molecule has 0 aliphatic rings. The number of hydrogen-bond acceptors (Lipinski definition) is 3. The first-order valence-electron chi connectivity index (χ1n) is 5.30. The van der Waals surface area contributed by atoms with Crippen LogP contribution in [0.2, 0.25) is 5.02 Å². The molecule has 1 rings (SSSR count). The summed E-state index contributed by atoms with van der Waals surface area (Å²) >= 11 is 6.76. The summed E-state index contributed by atoms with van der Waals surface area (Å²) in [6, 6.07) is 0. The number of hydrogen-bond donors (Lipinski definition) is 1. The van der Waals surface area contributed by atoms with Crippen molar-refractivity contribution >= 4 is 28.9 Å². The van der Waals surface area contributed by atoms with Gasteiger partial charge in [0.2, 0.25) is 0 Å². The van der Waals surface area contributed by atoms with E-state index in [1.54, 1.807) is 12.3 Å². The summed E-state index contributed by atoms with van der Waals surface area (Å²) < 4.78 is 5.07. The quantitative estimate of drug-likeness (QED) is 0.873. The molecule has 0 aromatic carbocycles. The van der Waals surface area contributed by atoms with Gasteiger partial charge in [-0.15, -0.1) is 11.3 Å². The van der Waals surface area contributed by atoms with Crippen LogP contribution in [0.25, 0.3) is 0 Å². The molecule has 1 aromatic rings. The van der Waals surface area contributed by atoms with E-state index in [-0.39, 0.29) is 10.6 Å². The van der Waals surface area contributed by atoms with Crippen LogP contribution in [0.1, 0.15) is 44.3 Å². The number of carboxylic acid groups (broad SMARTS) is 1. The zero-order chi connectivity index (χ0) is 13.1. The van der Waals surface area contributed by atoms with Crippen LogP contribution in [-0.2, 0) is 0 Å². The van der Waals surface area contributed by atoms with Gasteiger partial charge >= 0.3 is 5.97 Å². The second-order valence-electron chi connectivity index (χ2n) is 1.98. The molecular formula is C11H19ClO3S. The maximum Gasteiger partial charge on any atom is 0.349 e. The van der Waals surface area contributed by atoms with Gasteiger partial charge in [0, 0.05) is 5.38 Å². The molecule has 16 heavy (non-hydrogen) atoms. The minimum Gasteiger partial charge on any atom is -0.491 e. The van der Waals surface area contributed by atoms with E-state index in [1.807, 2.05) is 27.7 Å². The van der Waals surface area contributed by atoms with Gasteiger partial charge in [-0.2, -0.15) is 0 Å². The molecule has 5 heteroatoms. The Morgan fingerprint density at radius 3 is 2.31 bits per heavy atom. The molecule has 0 fully saturated rings. The highest BCUT2D eigenvalue weighted by Crippen LogP contribution is 2.34. The summed E-state index contributed by atoms with van der Waals surface area (Å²) in [5.41, 5.74) is 0. The van der Waals surface area contributed by atoms with Crippen molar-refractivity contribution in [3.8, 4) is 5.75 Å². The lowest BCUT2D eigenvalue weighted by molar-refractivity contribution is 0.0698. The lowest BCUT2D eigenvalue weighted by Crippen LogP contribution is -1.98. The fourth-order valence-electron chi connectivity index (χ4n) is 0.753. The smallest absolute Gasteiger partial charge is 0.349 e. The SMILES string of the molecule is CC.CC.CCOc1c(Cl)csc1C(=O)O. The molecule has 0 bridgehead atoms. The fourth-order valence-corrected chi connectivity index (χ4v) is 1.80. The number of rotatable bonds is 3. The first-order chi connectivity index (χ1) is 7.66. The van der Waals surface area contributed by atoms with Crippen molar-refractivity contribution in [3.63, 3.8) is 0 Å². The van der Waals surface area contributed by atoms with Gasteiger partial charge in [0.25, 0.3) is 0 Å². The second-order valence-corrected chi connectivity index (χ2v) is 3.27. The van der Waals surface area contributed by atoms with E-state index in [2.05, 4.69) is 0 Å². The normalized spacial score (nSPS) is 8.12. The van der Waals surface area contributed by atoms with Gasteiger partial charge in [0.1, 0.15) is 0 Å². The molecule has 0 saturated heterocycles. The minimum atomic E-state index is -1.00. The third kappa shape index (κ3) is 5.37. The van der Waals surface area contributed by atoms with Gasteiger partial charge < -0.3 is 9.84 Å². The number of carboxylic acids is 1. The average Bonchev–Trinajstić information content (AvgIpc) is 2.67. The van der Waals surface area contributed by atoms with Crippen LogP contribution in [0.4, 0.5) is 0 Å². The van der Waals surface area contributed by atoms with E-state index in [9.17, 15) is 4.79 Å². The number of aromatic carboxylic acids is 1. The fraction of sp³-hybridized carbons (Fsp3) is 0.545. The van der Waals surface area contributed by atoms with E-state index < -0.39 is 5.97 Å². The van der Waals surface area contributed by atoms with Crippen LogP contribution in [0.3, 0.4) is 0 Å². The second kappa shape index (κ2) is 10.8. The highest BCUT2D eigenvalue weighted by atomic mass is 35.5. The summed E-state index contributed by atoms with van der Waals surface area (Å²) in [5, 5.41) is 10.6. The van der Waals surface area contributed by atoms with Gasteiger partial charge in [-0.05, 0) is 6.92 Å². The Kier molecular flexibility index (Phi) is 11.9. The van der Waals surface area contributed by atoms with Crippen molar-refractivity contribution in [1.82, 2.24) is 0 Å². The highest BCUT2D eigenvalue weighted by molar-refractivity contribution is 7.13. The zero-order valence-electron chi connectivity index (χ0n) is 10.3. The number of carbonyl (C=O) groups is 1. The molecule has 0 radical (unpaired) electrons. The van der Waals surface area contributed by atoms with Crippen molar-refractivity contribution < 1.29 is 14.6 Å². The van der Waals surface area contributed by atoms with Crippen molar-refractivity contribution in [2.45, 2.75) is 34.6 Å². The van der Waals surface area contributed by atoms with E-state index in [0.717, 1.165) is 11.3 Å². The summed E-state index contributed by atoms with van der Waals surface area (Å²) in [7, 11) is 0. The van der Waals surface area contributed by atoms with Gasteiger partial charge in [0.05, 0.1) is 11.6 Å². The Morgan fingerprint density at radius 1 is 1.44 bits per heavy atom. The minimum absolute atomic E-state index is 0.154. The monoisotopic (exact) mass is 266 g/mol. The van der Waals surface area contributed by atoms with E-state index in [0.29, 0.717) is 11.6 Å². The van der Waals surface area contributed by atoms with Crippen LogP contribution in [0.5, 0.6) is 5.75 Å². The maximum absolute atomic E-state index is 10.6. The highest BCUT2D eigenvalue weighted by Gasteiger charge is 2.16. The summed E-state index contributed by atoms with van der Waals surface area (Å²) in [5.74, 6) is -0.730. The molecule has 1 N–H and O–H groups in total. The van der Waals surface area contributed by atoms with E-state index >= 15 is 0 Å². The van der Waals surface area contributed by atoms with Crippen molar-refractivity contribution in [2.75, 3.05) is 6.61 Å². The first kappa shape index (κ1) is 17.6. The van der Waals surface area contributed by atoms with Crippen LogP contribution in [-0.4, -0.2) is 17.7 Å². The third-order valence-electron chi connectivity index (χ3n) is 1.19. The number of ether oxygens (including phenoxy) is 1. The van der Waals surface area contributed by atoms with Crippen LogP contribution in [0, 0.1) is 0 Å². The average molecular weight is 267 g/mol. The summed E-state index contributed by atoms with van der Waals surface area (Å²) in [6.07, 6.45) is 0. The van der Waals surface area contributed by atoms with Crippen molar-refractivity contribution in [1.29, 1.82) is 0 Å². The summed E-state index contributed by atoms with van der Waals surface area (Å²) in [6.45, 7) is 10.2. The Morgan fingerprint density at radius 2 is 1.94 bits per heavy atom. The predicted octanol–water partition coefficient (Wildman–Crippen LogP) is 4.55. The molecule has 0 saturated carbocycles. The summed E-state index contributed by atoms with van der Waals surface area (Å²) in [4.78, 5) is 10.7. The third-order valence-corrected chi connectivity index (χ3v) is 2.55. The number of halogens is 1. The Balaban J connectivity index is 0.